The van der Waals surface area contributed by atoms with Gasteiger partial charge >= 0.3 is 0 Å². The summed E-state index contributed by atoms with van der Waals surface area (Å²) in [7, 11) is 0. The lowest BCUT2D eigenvalue weighted by molar-refractivity contribution is 0.174. The Morgan fingerprint density at radius 2 is 2.06 bits per heavy atom. The molecule has 2 rings (SSSR count). The van der Waals surface area contributed by atoms with Gasteiger partial charge in [-0.15, -0.1) is 0 Å². The van der Waals surface area contributed by atoms with Crippen LogP contribution < -0.4 is 0 Å². The number of benzene rings is 1. The van der Waals surface area contributed by atoms with E-state index in [1.54, 1.807) is 6.07 Å². The third-order valence-corrected chi connectivity index (χ3v) is 2.88. The van der Waals surface area contributed by atoms with Gasteiger partial charge in [-0.3, -0.25) is 0 Å². The number of hydrogen-bond acceptors (Lipinski definition) is 2. The standard InChI is InChI=1S/C14H14F2O2/c1-2-14-11(5-6-18-14)13(17)8-9-7-10(15)3-4-12(9)16/h3-7,13,17H,2,8H2,1H3. The minimum atomic E-state index is -0.894. The van der Waals surface area contributed by atoms with Crippen molar-refractivity contribution >= 4 is 0 Å². The molecule has 0 aliphatic carbocycles. The van der Waals surface area contributed by atoms with Crippen molar-refractivity contribution in [1.82, 2.24) is 0 Å². The molecule has 0 aliphatic rings. The van der Waals surface area contributed by atoms with Crippen LogP contribution in [0.4, 0.5) is 8.78 Å². The van der Waals surface area contributed by atoms with Gasteiger partial charge in [0.25, 0.3) is 0 Å². The lowest BCUT2D eigenvalue weighted by atomic mass is 10.0. The minimum absolute atomic E-state index is 0.0239. The maximum atomic E-state index is 13.5. The van der Waals surface area contributed by atoms with E-state index >= 15 is 0 Å². The Kier molecular flexibility index (Phi) is 3.77. The summed E-state index contributed by atoms with van der Waals surface area (Å²) in [6, 6.07) is 4.87. The number of hydrogen-bond donors (Lipinski definition) is 1. The summed E-state index contributed by atoms with van der Waals surface area (Å²) in [6.45, 7) is 1.90. The van der Waals surface area contributed by atoms with E-state index in [-0.39, 0.29) is 12.0 Å². The van der Waals surface area contributed by atoms with Gasteiger partial charge in [0.1, 0.15) is 17.4 Å². The van der Waals surface area contributed by atoms with E-state index in [2.05, 4.69) is 0 Å². The molecule has 1 atom stereocenters. The molecule has 2 aromatic rings. The van der Waals surface area contributed by atoms with E-state index in [1.807, 2.05) is 6.92 Å². The molecule has 18 heavy (non-hydrogen) atoms. The first kappa shape index (κ1) is 12.8. The highest BCUT2D eigenvalue weighted by Gasteiger charge is 2.17. The fraction of sp³-hybridized carbons (Fsp3) is 0.286. The summed E-state index contributed by atoms with van der Waals surface area (Å²) in [5.74, 6) is -0.363. The molecule has 1 aromatic heterocycles. The quantitative estimate of drug-likeness (QED) is 0.904. The van der Waals surface area contributed by atoms with Crippen LogP contribution in [0.15, 0.2) is 34.9 Å². The normalized spacial score (nSPS) is 12.7. The topological polar surface area (TPSA) is 33.4 Å². The molecule has 4 heteroatoms. The van der Waals surface area contributed by atoms with Crippen LogP contribution in [0.2, 0.25) is 0 Å². The van der Waals surface area contributed by atoms with Gasteiger partial charge in [-0.25, -0.2) is 8.78 Å². The van der Waals surface area contributed by atoms with Crippen molar-refractivity contribution < 1.29 is 18.3 Å². The zero-order valence-corrected chi connectivity index (χ0v) is 9.99. The molecule has 1 aromatic carbocycles. The predicted octanol–water partition coefficient (Wildman–Crippen LogP) is 3.40. The lowest BCUT2D eigenvalue weighted by Crippen LogP contribution is -2.05. The lowest BCUT2D eigenvalue weighted by Gasteiger charge is -2.11. The third kappa shape index (κ3) is 2.59. The van der Waals surface area contributed by atoms with Gasteiger partial charge in [0.2, 0.25) is 0 Å². The first-order valence-corrected chi connectivity index (χ1v) is 5.80. The fourth-order valence-corrected chi connectivity index (χ4v) is 1.95. The second-order valence-corrected chi connectivity index (χ2v) is 4.11. The van der Waals surface area contributed by atoms with Crippen LogP contribution in [-0.4, -0.2) is 5.11 Å². The number of aliphatic hydroxyl groups is 1. The van der Waals surface area contributed by atoms with E-state index < -0.39 is 17.7 Å². The van der Waals surface area contributed by atoms with Crippen molar-refractivity contribution in [1.29, 1.82) is 0 Å². The summed E-state index contributed by atoms with van der Waals surface area (Å²) < 4.78 is 31.7. The highest BCUT2D eigenvalue weighted by Crippen LogP contribution is 2.24. The second-order valence-electron chi connectivity index (χ2n) is 4.11. The van der Waals surface area contributed by atoms with Gasteiger partial charge in [-0.2, -0.15) is 0 Å². The molecular weight excluding hydrogens is 238 g/mol. The largest absolute Gasteiger partial charge is 0.469 e. The average molecular weight is 252 g/mol. The number of furan rings is 1. The van der Waals surface area contributed by atoms with Gasteiger partial charge < -0.3 is 9.52 Å². The van der Waals surface area contributed by atoms with E-state index in [0.717, 1.165) is 18.2 Å². The van der Waals surface area contributed by atoms with Crippen LogP contribution in [0.1, 0.15) is 29.9 Å². The molecule has 96 valence electrons. The summed E-state index contributed by atoms with van der Waals surface area (Å²) in [6.07, 6.45) is 1.26. The molecule has 0 amide bonds. The number of halogens is 2. The second kappa shape index (κ2) is 5.31. The van der Waals surface area contributed by atoms with Gasteiger partial charge in [-0.1, -0.05) is 6.92 Å². The summed E-state index contributed by atoms with van der Waals surface area (Å²) in [5.41, 5.74) is 0.784. The van der Waals surface area contributed by atoms with Gasteiger partial charge in [0.05, 0.1) is 12.4 Å². The first-order chi connectivity index (χ1) is 8.61. The minimum Gasteiger partial charge on any atom is -0.469 e. The van der Waals surface area contributed by atoms with Crippen LogP contribution in [0.3, 0.4) is 0 Å². The summed E-state index contributed by atoms with van der Waals surface area (Å²) >= 11 is 0. The average Bonchev–Trinajstić information content (AvgIpc) is 2.82. The van der Waals surface area contributed by atoms with Gasteiger partial charge in [0.15, 0.2) is 0 Å². The summed E-state index contributed by atoms with van der Waals surface area (Å²) in [5, 5.41) is 10.0. The molecule has 0 saturated carbocycles. The highest BCUT2D eigenvalue weighted by atomic mass is 19.1. The van der Waals surface area contributed by atoms with Crippen molar-refractivity contribution in [3.05, 3.63) is 59.1 Å². The Bertz CT molecular complexity index is 534. The Labute approximate surface area is 104 Å². The zero-order valence-electron chi connectivity index (χ0n) is 9.99. The van der Waals surface area contributed by atoms with Gasteiger partial charge in [0, 0.05) is 18.4 Å². The van der Waals surface area contributed by atoms with Crippen molar-refractivity contribution in [2.24, 2.45) is 0 Å². The molecule has 0 fully saturated rings. The first-order valence-electron chi connectivity index (χ1n) is 5.80. The number of aliphatic hydroxyl groups excluding tert-OH is 1. The van der Waals surface area contributed by atoms with E-state index in [9.17, 15) is 13.9 Å². The van der Waals surface area contributed by atoms with E-state index in [1.165, 1.54) is 6.26 Å². The maximum absolute atomic E-state index is 13.5. The van der Waals surface area contributed by atoms with Crippen LogP contribution in [0.5, 0.6) is 0 Å². The number of aryl methyl sites for hydroxylation is 1. The highest BCUT2D eigenvalue weighted by molar-refractivity contribution is 5.25. The molecule has 0 aliphatic heterocycles. The van der Waals surface area contributed by atoms with Crippen molar-refractivity contribution in [3.63, 3.8) is 0 Å². The SMILES string of the molecule is CCc1occc1C(O)Cc1cc(F)ccc1F. The smallest absolute Gasteiger partial charge is 0.126 e. The molecule has 0 bridgehead atoms. The molecule has 1 heterocycles. The van der Waals surface area contributed by atoms with E-state index in [4.69, 9.17) is 4.42 Å². The molecule has 2 nitrogen and oxygen atoms in total. The van der Waals surface area contributed by atoms with Crippen LogP contribution >= 0.6 is 0 Å². The predicted molar refractivity (Wildman–Crippen MR) is 63.1 cm³/mol. The Morgan fingerprint density at radius 1 is 1.28 bits per heavy atom. The zero-order chi connectivity index (χ0) is 13.1. The third-order valence-electron chi connectivity index (χ3n) is 2.88. The molecular formula is C14H14F2O2. The van der Waals surface area contributed by atoms with E-state index in [0.29, 0.717) is 17.7 Å². The Morgan fingerprint density at radius 3 is 2.78 bits per heavy atom. The molecule has 1 unspecified atom stereocenters. The van der Waals surface area contributed by atoms with Crippen LogP contribution in [0.25, 0.3) is 0 Å². The number of rotatable bonds is 4. The monoisotopic (exact) mass is 252 g/mol. The van der Waals surface area contributed by atoms with Crippen LogP contribution in [-0.2, 0) is 12.8 Å². The summed E-state index contributed by atoms with van der Waals surface area (Å²) in [4.78, 5) is 0. The molecule has 1 N–H and O–H groups in total. The maximum Gasteiger partial charge on any atom is 0.126 e. The fourth-order valence-electron chi connectivity index (χ4n) is 1.95. The van der Waals surface area contributed by atoms with Gasteiger partial charge in [-0.05, 0) is 29.8 Å². The molecule has 0 radical (unpaired) electrons. The van der Waals surface area contributed by atoms with Crippen LogP contribution in [0, 0.1) is 11.6 Å². The Balaban J connectivity index is 2.21. The van der Waals surface area contributed by atoms with Crippen molar-refractivity contribution in [3.8, 4) is 0 Å². The van der Waals surface area contributed by atoms with Crippen molar-refractivity contribution in [2.75, 3.05) is 0 Å². The Hall–Kier alpha value is -1.68. The van der Waals surface area contributed by atoms with Crippen molar-refractivity contribution in [2.45, 2.75) is 25.9 Å². The molecule has 0 saturated heterocycles. The molecule has 0 spiro atoms.